The molecule has 8 nitrogen and oxygen atoms in total. The zero-order chi connectivity index (χ0) is 20.3. The standard InChI is InChI=1S/C17H27N3O5S/c1-16(2,3)12-17(4,5)18-15(21)11-19(26(6,24)25)13-8-7-9-14(10-13)20(22)23/h7-10H,11-12H2,1-6H3,(H,18,21). The number of rotatable bonds is 7. The van der Waals surface area contributed by atoms with E-state index in [2.05, 4.69) is 5.32 Å². The van der Waals surface area contributed by atoms with Gasteiger partial charge in [0.15, 0.2) is 0 Å². The predicted molar refractivity (Wildman–Crippen MR) is 102 cm³/mol. The number of hydrogen-bond acceptors (Lipinski definition) is 5. The van der Waals surface area contributed by atoms with Gasteiger partial charge in [-0.15, -0.1) is 0 Å². The molecular weight excluding hydrogens is 358 g/mol. The van der Waals surface area contributed by atoms with Crippen molar-refractivity contribution in [2.45, 2.75) is 46.6 Å². The minimum absolute atomic E-state index is 0.0205. The highest BCUT2D eigenvalue weighted by Crippen LogP contribution is 2.27. The Morgan fingerprint density at radius 3 is 2.27 bits per heavy atom. The maximum absolute atomic E-state index is 12.4. The Morgan fingerprint density at radius 1 is 1.23 bits per heavy atom. The molecule has 0 spiro atoms. The average Bonchev–Trinajstić information content (AvgIpc) is 2.40. The Labute approximate surface area is 154 Å². The highest BCUT2D eigenvalue weighted by molar-refractivity contribution is 7.92. The molecule has 0 fully saturated rings. The average molecular weight is 385 g/mol. The van der Waals surface area contributed by atoms with E-state index in [1.165, 1.54) is 18.2 Å². The van der Waals surface area contributed by atoms with Gasteiger partial charge in [0.1, 0.15) is 6.54 Å². The van der Waals surface area contributed by atoms with Gasteiger partial charge >= 0.3 is 0 Å². The summed E-state index contributed by atoms with van der Waals surface area (Å²) in [5.41, 5.74) is -0.718. The van der Waals surface area contributed by atoms with Gasteiger partial charge in [-0.1, -0.05) is 26.8 Å². The lowest BCUT2D eigenvalue weighted by Gasteiger charge is -2.34. The molecule has 26 heavy (non-hydrogen) atoms. The molecule has 0 unspecified atom stereocenters. The number of amides is 1. The Bertz CT molecular complexity index is 782. The lowest BCUT2D eigenvalue weighted by atomic mass is 9.82. The molecule has 1 amide bonds. The molecule has 0 heterocycles. The zero-order valence-corrected chi connectivity index (χ0v) is 16.9. The number of anilines is 1. The fourth-order valence-corrected chi connectivity index (χ4v) is 3.93. The summed E-state index contributed by atoms with van der Waals surface area (Å²) >= 11 is 0. The molecule has 0 aliphatic rings. The smallest absolute Gasteiger partial charge is 0.271 e. The number of nitro benzene ring substituents is 1. The summed E-state index contributed by atoms with van der Waals surface area (Å²) < 4.78 is 25.1. The second-order valence-corrected chi connectivity index (χ2v) is 10.1. The molecule has 0 aromatic heterocycles. The van der Waals surface area contributed by atoms with Crippen molar-refractivity contribution in [3.63, 3.8) is 0 Å². The van der Waals surface area contributed by atoms with E-state index in [-0.39, 0.29) is 16.8 Å². The number of nitrogens with one attached hydrogen (secondary N) is 1. The molecule has 0 saturated heterocycles. The first kappa shape index (κ1) is 21.9. The Hall–Kier alpha value is -2.16. The van der Waals surface area contributed by atoms with Gasteiger partial charge in [0.25, 0.3) is 5.69 Å². The SMILES string of the molecule is CC(C)(C)CC(C)(C)NC(=O)CN(c1cccc([N+](=O)[O-])c1)S(C)(=O)=O. The monoisotopic (exact) mass is 385 g/mol. The number of nitro groups is 1. The first-order valence-corrected chi connectivity index (χ1v) is 9.99. The Morgan fingerprint density at radius 2 is 1.81 bits per heavy atom. The number of sulfonamides is 1. The van der Waals surface area contributed by atoms with E-state index < -0.39 is 32.9 Å². The van der Waals surface area contributed by atoms with Gasteiger partial charge in [0.05, 0.1) is 16.9 Å². The van der Waals surface area contributed by atoms with E-state index in [9.17, 15) is 23.3 Å². The summed E-state index contributed by atoms with van der Waals surface area (Å²) in [5, 5.41) is 13.8. The molecule has 0 aliphatic carbocycles. The third kappa shape index (κ3) is 6.99. The number of carbonyl (C=O) groups excluding carboxylic acids is 1. The molecule has 146 valence electrons. The van der Waals surface area contributed by atoms with Crippen LogP contribution >= 0.6 is 0 Å². The van der Waals surface area contributed by atoms with Crippen molar-refractivity contribution in [2.75, 3.05) is 17.1 Å². The quantitative estimate of drug-likeness (QED) is 0.573. The maximum Gasteiger partial charge on any atom is 0.271 e. The van der Waals surface area contributed by atoms with Crippen molar-refractivity contribution < 1.29 is 18.1 Å². The van der Waals surface area contributed by atoms with E-state index in [4.69, 9.17) is 0 Å². The van der Waals surface area contributed by atoms with Gasteiger partial charge in [-0.3, -0.25) is 19.2 Å². The normalized spacial score (nSPS) is 12.5. The van der Waals surface area contributed by atoms with Crippen molar-refractivity contribution in [1.82, 2.24) is 5.32 Å². The van der Waals surface area contributed by atoms with E-state index in [1.807, 2.05) is 34.6 Å². The van der Waals surface area contributed by atoms with Crippen LogP contribution in [0.5, 0.6) is 0 Å². The topological polar surface area (TPSA) is 110 Å². The van der Waals surface area contributed by atoms with Gasteiger partial charge in [0.2, 0.25) is 15.9 Å². The van der Waals surface area contributed by atoms with Gasteiger partial charge in [-0.05, 0) is 31.7 Å². The van der Waals surface area contributed by atoms with Gasteiger partial charge in [-0.25, -0.2) is 8.42 Å². The van der Waals surface area contributed by atoms with Crippen molar-refractivity contribution in [1.29, 1.82) is 0 Å². The van der Waals surface area contributed by atoms with Crippen molar-refractivity contribution in [2.24, 2.45) is 5.41 Å². The molecule has 0 bridgehead atoms. The van der Waals surface area contributed by atoms with Gasteiger partial charge < -0.3 is 5.32 Å². The lowest BCUT2D eigenvalue weighted by Crippen LogP contribution is -2.50. The van der Waals surface area contributed by atoms with Crippen LogP contribution in [0.2, 0.25) is 0 Å². The largest absolute Gasteiger partial charge is 0.350 e. The fraction of sp³-hybridized carbons (Fsp3) is 0.588. The van der Waals surface area contributed by atoms with Crippen LogP contribution in [0, 0.1) is 15.5 Å². The number of carbonyl (C=O) groups is 1. The minimum Gasteiger partial charge on any atom is -0.350 e. The predicted octanol–water partition coefficient (Wildman–Crippen LogP) is 2.69. The summed E-state index contributed by atoms with van der Waals surface area (Å²) in [7, 11) is -3.80. The number of hydrogen-bond donors (Lipinski definition) is 1. The van der Waals surface area contributed by atoms with E-state index in [0.717, 1.165) is 16.6 Å². The number of benzene rings is 1. The van der Waals surface area contributed by atoms with Crippen LogP contribution in [0.25, 0.3) is 0 Å². The highest BCUT2D eigenvalue weighted by Gasteiger charge is 2.29. The number of non-ortho nitro benzene ring substituents is 1. The summed E-state index contributed by atoms with van der Waals surface area (Å²) in [6, 6.07) is 5.19. The summed E-state index contributed by atoms with van der Waals surface area (Å²) in [4.78, 5) is 22.8. The van der Waals surface area contributed by atoms with Gasteiger partial charge in [-0.2, -0.15) is 0 Å². The van der Waals surface area contributed by atoms with Crippen molar-refractivity contribution in [3.05, 3.63) is 34.4 Å². The van der Waals surface area contributed by atoms with Gasteiger partial charge in [0, 0.05) is 17.7 Å². The molecule has 1 rings (SSSR count). The molecule has 0 saturated carbocycles. The fourth-order valence-electron chi connectivity index (χ4n) is 3.08. The van der Waals surface area contributed by atoms with E-state index >= 15 is 0 Å². The van der Waals surface area contributed by atoms with Crippen LogP contribution in [-0.2, 0) is 14.8 Å². The number of nitrogens with zero attached hydrogens (tertiary/aromatic N) is 2. The van der Waals surface area contributed by atoms with Crippen LogP contribution in [0.1, 0.15) is 41.0 Å². The first-order valence-electron chi connectivity index (χ1n) is 8.14. The molecule has 1 aromatic carbocycles. The lowest BCUT2D eigenvalue weighted by molar-refractivity contribution is -0.384. The van der Waals surface area contributed by atoms with E-state index in [1.54, 1.807) is 0 Å². The van der Waals surface area contributed by atoms with Crippen molar-refractivity contribution >= 4 is 27.3 Å². The highest BCUT2D eigenvalue weighted by atomic mass is 32.2. The van der Waals surface area contributed by atoms with Crippen LogP contribution in [-0.4, -0.2) is 37.6 Å². The Kier molecular flexibility index (Phi) is 6.40. The zero-order valence-electron chi connectivity index (χ0n) is 16.1. The molecule has 1 N–H and O–H groups in total. The third-order valence-electron chi connectivity index (χ3n) is 3.47. The minimum atomic E-state index is -3.80. The molecule has 0 radical (unpaired) electrons. The summed E-state index contributed by atoms with van der Waals surface area (Å²) in [5.74, 6) is -0.476. The maximum atomic E-state index is 12.4. The van der Waals surface area contributed by atoms with Crippen LogP contribution in [0.15, 0.2) is 24.3 Å². The Balaban J connectivity index is 3.05. The van der Waals surface area contributed by atoms with Crippen molar-refractivity contribution in [3.8, 4) is 0 Å². The second kappa shape index (κ2) is 7.61. The molecule has 1 aromatic rings. The molecule has 9 heteroatoms. The van der Waals surface area contributed by atoms with Crippen LogP contribution in [0.4, 0.5) is 11.4 Å². The first-order chi connectivity index (χ1) is 11.6. The molecule has 0 aliphatic heterocycles. The summed E-state index contributed by atoms with van der Waals surface area (Å²) in [6.07, 6.45) is 1.65. The summed E-state index contributed by atoms with van der Waals surface area (Å²) in [6.45, 7) is 9.43. The third-order valence-corrected chi connectivity index (χ3v) is 4.61. The molecular formula is C17H27N3O5S. The van der Waals surface area contributed by atoms with Crippen LogP contribution in [0.3, 0.4) is 0 Å². The van der Waals surface area contributed by atoms with E-state index in [0.29, 0.717) is 6.42 Å². The molecule has 0 atom stereocenters. The van der Waals surface area contributed by atoms with Crippen LogP contribution < -0.4 is 9.62 Å². The second-order valence-electron chi connectivity index (χ2n) is 8.22.